The second-order valence-electron chi connectivity index (χ2n) is 11.4. The number of ether oxygens (including phenoxy) is 1. The molecule has 0 bridgehead atoms. The molecule has 0 aromatic heterocycles. The number of unbranched alkanes of at least 4 members (excludes halogenated alkanes) is 1. The second-order valence-corrected chi connectivity index (χ2v) is 11.4. The predicted octanol–water partition coefficient (Wildman–Crippen LogP) is 3.64. The number of aliphatic hydroxyl groups is 2. The van der Waals surface area contributed by atoms with Gasteiger partial charge in [0.15, 0.2) is 18.1 Å². The number of carbonyl (C=O) groups is 3. The first-order valence-electron chi connectivity index (χ1n) is 12.6. The number of aliphatic hydroxyl groups excluding tert-OH is 1. The summed E-state index contributed by atoms with van der Waals surface area (Å²) < 4.78 is 22.3. The number of carbonyl (C=O) groups excluding carboxylic acids is 3. The molecule has 0 aromatic rings. The summed E-state index contributed by atoms with van der Waals surface area (Å²) in [5.74, 6) is -2.64. The van der Waals surface area contributed by atoms with Crippen molar-refractivity contribution in [2.24, 2.45) is 28.6 Å². The fourth-order valence-corrected chi connectivity index (χ4v) is 7.79. The fraction of sp³-hybridized carbons (Fsp3) is 0.741. The summed E-state index contributed by atoms with van der Waals surface area (Å²) >= 11 is 0. The molecule has 3 unspecified atom stereocenters. The highest BCUT2D eigenvalue weighted by atomic mass is 19.1. The standard InChI is InChI=1S/C27H37FO6/c1-5-6-7-23(32)34-15-22(31)27(33)16(2)12-20-19-9-8-17-13-18(29)10-11-24(17,3)26(19,28)21(30)14-25(20,27)4/h10-11,13,16,19-21,30,33H,5-9,12,14-15H2,1-4H3/t16-,19?,20?,21?,24-,25-,26-,27-/m0/s1. The van der Waals surface area contributed by atoms with Crippen molar-refractivity contribution in [2.45, 2.75) is 90.0 Å². The van der Waals surface area contributed by atoms with Gasteiger partial charge in [0.2, 0.25) is 5.78 Å². The smallest absolute Gasteiger partial charge is 0.306 e. The highest BCUT2D eigenvalue weighted by Gasteiger charge is 2.75. The molecule has 4 aliphatic rings. The SMILES string of the molecule is CCCCC(=O)OCC(=O)[C@@]1(O)[C@@H](C)CC2C3CCC4=CC(=O)C=C[C@]4(C)[C@@]3(F)C(O)C[C@@]21C. The van der Waals surface area contributed by atoms with Crippen LogP contribution in [0, 0.1) is 28.6 Å². The van der Waals surface area contributed by atoms with E-state index in [2.05, 4.69) is 0 Å². The van der Waals surface area contributed by atoms with Crippen LogP contribution in [0.5, 0.6) is 0 Å². The average molecular weight is 477 g/mol. The minimum absolute atomic E-state index is 0.0916. The molecule has 34 heavy (non-hydrogen) atoms. The van der Waals surface area contributed by atoms with Crippen molar-refractivity contribution in [3.63, 3.8) is 0 Å². The number of halogens is 1. The Kier molecular flexibility index (Phi) is 6.21. The van der Waals surface area contributed by atoms with Crippen LogP contribution in [0.3, 0.4) is 0 Å². The van der Waals surface area contributed by atoms with Gasteiger partial charge in [-0.05, 0) is 63.0 Å². The molecular formula is C27H37FO6. The van der Waals surface area contributed by atoms with Crippen molar-refractivity contribution in [2.75, 3.05) is 6.61 Å². The third-order valence-electron chi connectivity index (χ3n) is 9.75. The van der Waals surface area contributed by atoms with Crippen molar-refractivity contribution in [1.82, 2.24) is 0 Å². The van der Waals surface area contributed by atoms with E-state index in [9.17, 15) is 24.6 Å². The van der Waals surface area contributed by atoms with E-state index in [1.54, 1.807) is 26.8 Å². The summed E-state index contributed by atoms with van der Waals surface area (Å²) in [6.45, 7) is 6.72. The van der Waals surface area contributed by atoms with Gasteiger partial charge in [-0.2, -0.15) is 0 Å². The lowest BCUT2D eigenvalue weighted by molar-refractivity contribution is -0.220. The van der Waals surface area contributed by atoms with Crippen LogP contribution in [-0.2, 0) is 19.1 Å². The predicted molar refractivity (Wildman–Crippen MR) is 123 cm³/mol. The highest BCUT2D eigenvalue weighted by molar-refractivity contribution is 6.01. The summed E-state index contributed by atoms with van der Waals surface area (Å²) in [4.78, 5) is 37.2. The fourth-order valence-electron chi connectivity index (χ4n) is 7.79. The normalized spacial score (nSPS) is 45.1. The van der Waals surface area contributed by atoms with Gasteiger partial charge in [0, 0.05) is 23.2 Å². The van der Waals surface area contributed by atoms with Crippen molar-refractivity contribution in [3.05, 3.63) is 23.8 Å². The maximum Gasteiger partial charge on any atom is 0.306 e. The Hall–Kier alpha value is -1.86. The van der Waals surface area contributed by atoms with Crippen molar-refractivity contribution in [1.29, 1.82) is 0 Å². The summed E-state index contributed by atoms with van der Waals surface area (Å²) in [7, 11) is 0. The van der Waals surface area contributed by atoms with Crippen LogP contribution >= 0.6 is 0 Å². The Bertz CT molecular complexity index is 957. The van der Waals surface area contributed by atoms with E-state index in [1.807, 2.05) is 6.92 Å². The van der Waals surface area contributed by atoms with E-state index in [0.29, 0.717) is 31.3 Å². The van der Waals surface area contributed by atoms with Crippen LogP contribution in [-0.4, -0.2) is 51.7 Å². The summed E-state index contributed by atoms with van der Waals surface area (Å²) in [5, 5.41) is 23.2. The van der Waals surface area contributed by atoms with Crippen molar-refractivity contribution < 1.29 is 33.7 Å². The molecule has 3 saturated carbocycles. The zero-order valence-electron chi connectivity index (χ0n) is 20.6. The number of hydrogen-bond donors (Lipinski definition) is 2. The molecular weight excluding hydrogens is 439 g/mol. The van der Waals surface area contributed by atoms with Gasteiger partial charge in [0.1, 0.15) is 5.60 Å². The van der Waals surface area contributed by atoms with Crippen LogP contribution in [0.2, 0.25) is 0 Å². The first-order valence-corrected chi connectivity index (χ1v) is 12.6. The topological polar surface area (TPSA) is 101 Å². The Labute approximate surface area is 200 Å². The molecule has 0 aromatic carbocycles. The molecule has 0 saturated heterocycles. The van der Waals surface area contributed by atoms with Gasteiger partial charge in [0.05, 0.1) is 6.10 Å². The molecule has 7 heteroatoms. The van der Waals surface area contributed by atoms with Crippen LogP contribution in [0.15, 0.2) is 23.8 Å². The molecule has 4 rings (SSSR count). The van der Waals surface area contributed by atoms with Crippen molar-refractivity contribution in [3.8, 4) is 0 Å². The molecule has 0 amide bonds. The second kappa shape index (κ2) is 8.37. The lowest BCUT2D eigenvalue weighted by atomic mass is 9.44. The molecule has 4 aliphatic carbocycles. The van der Waals surface area contributed by atoms with Gasteiger partial charge in [-0.3, -0.25) is 14.4 Å². The first kappa shape index (κ1) is 25.2. The maximum absolute atomic E-state index is 17.1. The number of allylic oxidation sites excluding steroid dienone is 4. The Balaban J connectivity index is 1.65. The lowest BCUT2D eigenvalue weighted by Gasteiger charge is -2.62. The van der Waals surface area contributed by atoms with E-state index < -0.39 is 58.4 Å². The lowest BCUT2D eigenvalue weighted by Crippen LogP contribution is -2.69. The van der Waals surface area contributed by atoms with Crippen LogP contribution in [0.1, 0.15) is 72.6 Å². The van der Waals surface area contributed by atoms with Crippen molar-refractivity contribution >= 4 is 17.5 Å². The highest BCUT2D eigenvalue weighted by Crippen LogP contribution is 2.70. The summed E-state index contributed by atoms with van der Waals surface area (Å²) in [5.41, 5.74) is -5.34. The van der Waals surface area contributed by atoms with E-state index in [-0.39, 0.29) is 24.5 Å². The third kappa shape index (κ3) is 3.22. The van der Waals surface area contributed by atoms with Gasteiger partial charge in [-0.15, -0.1) is 0 Å². The van der Waals surface area contributed by atoms with E-state index >= 15 is 4.39 Å². The van der Waals surface area contributed by atoms with Crippen LogP contribution in [0.25, 0.3) is 0 Å². The molecule has 0 radical (unpaired) electrons. The van der Waals surface area contributed by atoms with Gasteiger partial charge < -0.3 is 14.9 Å². The zero-order chi connectivity index (χ0) is 25.1. The average Bonchev–Trinajstić information content (AvgIpc) is 2.99. The van der Waals surface area contributed by atoms with Gasteiger partial charge in [0.25, 0.3) is 0 Å². The van der Waals surface area contributed by atoms with Gasteiger partial charge >= 0.3 is 5.97 Å². The number of ketones is 2. The molecule has 188 valence electrons. The molecule has 6 nitrogen and oxygen atoms in total. The van der Waals surface area contributed by atoms with E-state index in [1.165, 1.54) is 12.2 Å². The summed E-state index contributed by atoms with van der Waals surface area (Å²) in [6, 6.07) is 0. The Morgan fingerprint density at radius 3 is 2.65 bits per heavy atom. The molecule has 0 spiro atoms. The molecule has 0 aliphatic heterocycles. The largest absolute Gasteiger partial charge is 0.458 e. The number of Topliss-reactive ketones (excluding diaryl/α,β-unsaturated/α-hetero) is 1. The Morgan fingerprint density at radius 2 is 1.97 bits per heavy atom. The maximum atomic E-state index is 17.1. The van der Waals surface area contributed by atoms with Gasteiger partial charge in [-0.25, -0.2) is 4.39 Å². The molecule has 8 atom stereocenters. The monoisotopic (exact) mass is 476 g/mol. The number of rotatable bonds is 6. The minimum atomic E-state index is -2.01. The number of alkyl halides is 1. The third-order valence-corrected chi connectivity index (χ3v) is 9.75. The molecule has 3 fully saturated rings. The minimum Gasteiger partial charge on any atom is -0.458 e. The summed E-state index contributed by atoms with van der Waals surface area (Å²) in [6.07, 6.45) is 6.03. The Morgan fingerprint density at radius 1 is 1.26 bits per heavy atom. The number of hydrogen-bond acceptors (Lipinski definition) is 6. The molecule has 0 heterocycles. The first-order chi connectivity index (χ1) is 15.9. The van der Waals surface area contributed by atoms with E-state index in [0.717, 1.165) is 6.42 Å². The quantitative estimate of drug-likeness (QED) is 0.568. The van der Waals surface area contributed by atoms with Crippen LogP contribution in [0.4, 0.5) is 4.39 Å². The molecule has 2 N–H and O–H groups in total. The van der Waals surface area contributed by atoms with Gasteiger partial charge in [-0.1, -0.05) is 38.8 Å². The van der Waals surface area contributed by atoms with Crippen LogP contribution < -0.4 is 0 Å². The number of esters is 1. The van der Waals surface area contributed by atoms with E-state index in [4.69, 9.17) is 4.74 Å². The number of fused-ring (bicyclic) bond motifs is 5. The zero-order valence-corrected chi connectivity index (χ0v) is 20.6.